The maximum Gasteiger partial charge on any atom is 0.312 e. The molecule has 0 aromatic heterocycles. The fraction of sp³-hybridized carbons (Fsp3) is 0.462. The van der Waals surface area contributed by atoms with Gasteiger partial charge >= 0.3 is 5.97 Å². The van der Waals surface area contributed by atoms with Gasteiger partial charge in [-0.2, -0.15) is 0 Å². The van der Waals surface area contributed by atoms with E-state index in [0.717, 1.165) is 11.3 Å². The van der Waals surface area contributed by atoms with E-state index in [1.807, 2.05) is 31.2 Å². The Kier molecular flexibility index (Phi) is 5.49. The molecule has 1 atom stereocenters. The van der Waals surface area contributed by atoms with E-state index in [4.69, 9.17) is 9.47 Å². The molecule has 0 bridgehead atoms. The molecule has 0 radical (unpaired) electrons. The van der Waals surface area contributed by atoms with Crippen LogP contribution in [0.2, 0.25) is 0 Å². The quantitative estimate of drug-likeness (QED) is 0.760. The Labute approximate surface area is 102 Å². The third kappa shape index (κ3) is 4.44. The Morgan fingerprint density at radius 3 is 2.41 bits per heavy atom. The number of hydrogen-bond donors (Lipinski definition) is 1. The van der Waals surface area contributed by atoms with E-state index in [-0.39, 0.29) is 12.0 Å². The average molecular weight is 238 g/mol. The number of hydrogen-bond acceptors (Lipinski definition) is 3. The summed E-state index contributed by atoms with van der Waals surface area (Å²) in [6.07, 6.45) is 0.307. The van der Waals surface area contributed by atoms with Gasteiger partial charge in [-0.25, -0.2) is 0 Å². The van der Waals surface area contributed by atoms with Crippen molar-refractivity contribution in [1.29, 1.82) is 0 Å². The summed E-state index contributed by atoms with van der Waals surface area (Å²) in [5.41, 5.74) is 4.98. The Bertz CT molecular complexity index is 348. The summed E-state index contributed by atoms with van der Waals surface area (Å²) in [5.74, 6) is 0.626. The molecule has 0 spiro atoms. The zero-order chi connectivity index (χ0) is 12.7. The third-order valence-electron chi connectivity index (χ3n) is 2.38. The van der Waals surface area contributed by atoms with Gasteiger partial charge in [-0.15, -0.1) is 0 Å². The first-order valence-corrected chi connectivity index (χ1v) is 5.88. The summed E-state index contributed by atoms with van der Waals surface area (Å²) in [4.78, 5) is 11.3. The van der Waals surface area contributed by atoms with E-state index in [1.165, 1.54) is 0 Å². The largest absolute Gasteiger partial charge is 0.494 e. The minimum absolute atomic E-state index is 0.0790. The fourth-order valence-corrected chi connectivity index (χ4v) is 1.54. The van der Waals surface area contributed by atoms with Crippen molar-refractivity contribution in [3.63, 3.8) is 0 Å². The molecule has 4 nitrogen and oxygen atoms in total. The van der Waals surface area contributed by atoms with Crippen molar-refractivity contribution in [2.75, 3.05) is 13.2 Å². The number of quaternary nitrogens is 1. The standard InChI is InChI=1S/C13H19NO3/c1-3-16-11-7-5-10(6-8-11)12(14)9-13(15)17-4-2/h5-8,12H,3-4,9,14H2,1-2H3/p+1/t12-/m1/s1. The van der Waals surface area contributed by atoms with Crippen LogP contribution in [0, 0.1) is 0 Å². The first-order chi connectivity index (χ1) is 8.17. The van der Waals surface area contributed by atoms with Crippen molar-refractivity contribution in [2.24, 2.45) is 0 Å². The topological polar surface area (TPSA) is 63.2 Å². The number of rotatable bonds is 6. The van der Waals surface area contributed by atoms with Gasteiger partial charge in [-0.3, -0.25) is 4.79 Å². The predicted octanol–water partition coefficient (Wildman–Crippen LogP) is 1.32. The van der Waals surface area contributed by atoms with Crippen LogP contribution in [0.4, 0.5) is 0 Å². The van der Waals surface area contributed by atoms with Crippen LogP contribution < -0.4 is 10.5 Å². The lowest BCUT2D eigenvalue weighted by Crippen LogP contribution is -2.54. The minimum Gasteiger partial charge on any atom is -0.494 e. The monoisotopic (exact) mass is 238 g/mol. The van der Waals surface area contributed by atoms with Gasteiger partial charge < -0.3 is 15.2 Å². The summed E-state index contributed by atoms with van der Waals surface area (Å²) in [7, 11) is 0. The highest BCUT2D eigenvalue weighted by molar-refractivity contribution is 5.70. The summed E-state index contributed by atoms with van der Waals surface area (Å²) >= 11 is 0. The summed E-state index contributed by atoms with van der Waals surface area (Å²) < 4.78 is 10.2. The van der Waals surface area contributed by atoms with Crippen molar-refractivity contribution in [3.05, 3.63) is 29.8 Å². The predicted molar refractivity (Wildman–Crippen MR) is 64.5 cm³/mol. The molecule has 0 heterocycles. The second-order valence-electron chi connectivity index (χ2n) is 3.71. The minimum atomic E-state index is -0.207. The van der Waals surface area contributed by atoms with Crippen LogP contribution in [0.3, 0.4) is 0 Å². The molecule has 94 valence electrons. The molecular formula is C13H20NO3+. The number of ether oxygens (including phenoxy) is 2. The first-order valence-electron chi connectivity index (χ1n) is 5.88. The lowest BCUT2D eigenvalue weighted by Gasteiger charge is -2.09. The van der Waals surface area contributed by atoms with E-state index < -0.39 is 0 Å². The normalized spacial score (nSPS) is 11.9. The maximum absolute atomic E-state index is 11.3. The molecule has 4 heteroatoms. The van der Waals surface area contributed by atoms with Crippen LogP contribution in [-0.2, 0) is 9.53 Å². The lowest BCUT2D eigenvalue weighted by atomic mass is 10.0. The fourth-order valence-electron chi connectivity index (χ4n) is 1.54. The molecule has 1 aromatic rings. The van der Waals surface area contributed by atoms with E-state index in [9.17, 15) is 4.79 Å². The second-order valence-corrected chi connectivity index (χ2v) is 3.71. The Hall–Kier alpha value is -1.55. The van der Waals surface area contributed by atoms with Gasteiger partial charge in [-0.05, 0) is 38.1 Å². The van der Waals surface area contributed by atoms with Gasteiger partial charge in [-0.1, -0.05) is 0 Å². The zero-order valence-corrected chi connectivity index (χ0v) is 10.4. The van der Waals surface area contributed by atoms with Gasteiger partial charge in [0.05, 0.1) is 13.2 Å². The van der Waals surface area contributed by atoms with Crippen LogP contribution in [0.5, 0.6) is 5.75 Å². The highest BCUT2D eigenvalue weighted by atomic mass is 16.5. The van der Waals surface area contributed by atoms with Gasteiger partial charge in [0.15, 0.2) is 0 Å². The number of esters is 1. The van der Waals surface area contributed by atoms with Crippen LogP contribution in [0.25, 0.3) is 0 Å². The SMILES string of the molecule is CCOC(=O)C[C@@H]([NH3+])c1ccc(OCC)cc1. The molecule has 0 saturated heterocycles. The van der Waals surface area contributed by atoms with Gasteiger partial charge in [0.25, 0.3) is 0 Å². The lowest BCUT2D eigenvalue weighted by molar-refractivity contribution is -0.425. The van der Waals surface area contributed by atoms with Crippen LogP contribution in [0.15, 0.2) is 24.3 Å². The zero-order valence-electron chi connectivity index (χ0n) is 10.4. The van der Waals surface area contributed by atoms with Crippen molar-refractivity contribution < 1.29 is 20.0 Å². The Morgan fingerprint density at radius 1 is 1.24 bits per heavy atom. The molecular weight excluding hydrogens is 218 g/mol. The van der Waals surface area contributed by atoms with Crippen LogP contribution in [0.1, 0.15) is 31.9 Å². The first kappa shape index (κ1) is 13.5. The number of benzene rings is 1. The van der Waals surface area contributed by atoms with Crippen molar-refractivity contribution >= 4 is 5.97 Å². The van der Waals surface area contributed by atoms with E-state index in [1.54, 1.807) is 6.92 Å². The molecule has 0 aliphatic rings. The highest BCUT2D eigenvalue weighted by Gasteiger charge is 2.15. The van der Waals surface area contributed by atoms with E-state index in [2.05, 4.69) is 5.73 Å². The second kappa shape index (κ2) is 6.91. The van der Waals surface area contributed by atoms with Crippen LogP contribution >= 0.6 is 0 Å². The molecule has 0 aliphatic carbocycles. The third-order valence-corrected chi connectivity index (χ3v) is 2.38. The molecule has 1 aromatic carbocycles. The molecule has 3 N–H and O–H groups in total. The Morgan fingerprint density at radius 2 is 1.88 bits per heavy atom. The molecule has 0 amide bonds. The average Bonchev–Trinajstić information content (AvgIpc) is 2.30. The number of carbonyl (C=O) groups excluding carboxylic acids is 1. The molecule has 1 rings (SSSR count). The molecule has 0 fully saturated rings. The van der Waals surface area contributed by atoms with Crippen molar-refractivity contribution in [1.82, 2.24) is 0 Å². The van der Waals surface area contributed by atoms with E-state index >= 15 is 0 Å². The van der Waals surface area contributed by atoms with Crippen LogP contribution in [-0.4, -0.2) is 19.2 Å². The molecule has 0 aliphatic heterocycles. The smallest absolute Gasteiger partial charge is 0.312 e. The molecule has 0 saturated carbocycles. The highest BCUT2D eigenvalue weighted by Crippen LogP contribution is 2.17. The summed E-state index contributed by atoms with van der Waals surface area (Å²) in [6, 6.07) is 7.57. The van der Waals surface area contributed by atoms with E-state index in [0.29, 0.717) is 19.6 Å². The van der Waals surface area contributed by atoms with Crippen molar-refractivity contribution in [2.45, 2.75) is 26.3 Å². The van der Waals surface area contributed by atoms with Gasteiger partial charge in [0.2, 0.25) is 0 Å². The molecule has 0 unspecified atom stereocenters. The Balaban J connectivity index is 2.56. The summed E-state index contributed by atoms with van der Waals surface area (Å²) in [6.45, 7) is 4.80. The van der Waals surface area contributed by atoms with Gasteiger partial charge in [0.1, 0.15) is 18.2 Å². The van der Waals surface area contributed by atoms with Crippen molar-refractivity contribution in [3.8, 4) is 5.75 Å². The number of carbonyl (C=O) groups is 1. The summed E-state index contributed by atoms with van der Waals surface area (Å²) in [5, 5.41) is 0. The molecule has 17 heavy (non-hydrogen) atoms. The van der Waals surface area contributed by atoms with Gasteiger partial charge in [0, 0.05) is 5.56 Å². The maximum atomic E-state index is 11.3.